The Bertz CT molecular complexity index is 977. The van der Waals surface area contributed by atoms with Crippen molar-refractivity contribution in [3.63, 3.8) is 0 Å². The van der Waals surface area contributed by atoms with Crippen LogP contribution in [-0.2, 0) is 12.0 Å². The van der Waals surface area contributed by atoms with Gasteiger partial charge in [-0.15, -0.1) is 0 Å². The molecule has 1 unspecified atom stereocenters. The lowest BCUT2D eigenvalue weighted by atomic mass is 9.68. The highest BCUT2D eigenvalue weighted by atomic mass is 15.2. The molecule has 0 amide bonds. The Labute approximate surface area is 182 Å². The first kappa shape index (κ1) is 21.1. The molecule has 1 saturated heterocycles. The normalized spacial score (nSPS) is 18.2. The van der Waals surface area contributed by atoms with E-state index in [1.54, 1.807) is 0 Å². The van der Waals surface area contributed by atoms with Crippen LogP contribution in [0.1, 0.15) is 37.5 Å². The fourth-order valence-electron chi connectivity index (χ4n) is 4.87. The second-order valence-electron chi connectivity index (χ2n) is 9.62. The van der Waals surface area contributed by atoms with Gasteiger partial charge in [0.25, 0.3) is 0 Å². The van der Waals surface area contributed by atoms with Gasteiger partial charge in [0.1, 0.15) is 0 Å². The van der Waals surface area contributed by atoms with Crippen molar-refractivity contribution in [1.29, 1.82) is 0 Å². The third-order valence-electron chi connectivity index (χ3n) is 7.41. The fourth-order valence-corrected chi connectivity index (χ4v) is 4.87. The Balaban J connectivity index is 1.70. The highest BCUT2D eigenvalue weighted by Crippen LogP contribution is 2.43. The van der Waals surface area contributed by atoms with Crippen LogP contribution in [0.4, 0.5) is 0 Å². The lowest BCUT2D eigenvalue weighted by Gasteiger charge is -2.35. The molecule has 160 valence electrons. The largest absolute Gasteiger partial charge is 0.346 e. The molecule has 0 spiro atoms. The Morgan fingerprint density at radius 1 is 0.900 bits per heavy atom. The van der Waals surface area contributed by atoms with E-state index >= 15 is 0 Å². The second kappa shape index (κ2) is 8.56. The molecule has 30 heavy (non-hydrogen) atoms. The van der Waals surface area contributed by atoms with Gasteiger partial charge >= 0.3 is 0 Å². The average molecular weight is 404 g/mol. The van der Waals surface area contributed by atoms with E-state index in [0.717, 1.165) is 13.1 Å². The third-order valence-corrected chi connectivity index (χ3v) is 7.41. The van der Waals surface area contributed by atoms with Gasteiger partial charge in [0.2, 0.25) is 0 Å². The van der Waals surface area contributed by atoms with E-state index in [4.69, 9.17) is 0 Å². The second-order valence-corrected chi connectivity index (χ2v) is 9.62. The molecule has 1 aliphatic heterocycles. The summed E-state index contributed by atoms with van der Waals surface area (Å²) >= 11 is 0. The van der Waals surface area contributed by atoms with Gasteiger partial charge in [-0.05, 0) is 37.1 Å². The fraction of sp³-hybridized carbons (Fsp3) is 0.481. The molecule has 2 heterocycles. The topological polar surface area (TPSA) is 11.4 Å². The first-order chi connectivity index (χ1) is 14.4. The van der Waals surface area contributed by atoms with Crippen LogP contribution in [0.5, 0.6) is 0 Å². The molecule has 2 aromatic carbocycles. The molecule has 1 aromatic heterocycles. The molecule has 1 atom stereocenters. The monoisotopic (exact) mass is 403 g/mol. The summed E-state index contributed by atoms with van der Waals surface area (Å²) in [6, 6.07) is 18.1. The summed E-state index contributed by atoms with van der Waals surface area (Å²) in [4.78, 5) is 5.03. The van der Waals surface area contributed by atoms with Gasteiger partial charge in [0.05, 0.1) is 0 Å². The van der Waals surface area contributed by atoms with E-state index in [-0.39, 0.29) is 5.41 Å². The van der Waals surface area contributed by atoms with Crippen LogP contribution in [0.15, 0.2) is 54.7 Å². The van der Waals surface area contributed by atoms with E-state index in [2.05, 4.69) is 104 Å². The van der Waals surface area contributed by atoms with E-state index in [0.29, 0.717) is 5.92 Å². The number of likely N-dealkylation sites (N-methyl/N-ethyl adjacent to an activating group) is 1. The molecule has 0 N–H and O–H groups in total. The maximum absolute atomic E-state index is 2.61. The van der Waals surface area contributed by atoms with Crippen molar-refractivity contribution in [1.82, 2.24) is 14.4 Å². The van der Waals surface area contributed by atoms with Crippen molar-refractivity contribution in [2.24, 2.45) is 5.92 Å². The minimum Gasteiger partial charge on any atom is -0.346 e. The number of fused-ring (bicyclic) bond motifs is 1. The standard InChI is InChI=1S/C27H37N3/c1-21(2)27(4,23-12-10-22(3)11-13-23)25-20-30(26-9-7-6-8-24(25)26)19-18-29-16-14-28(5)15-17-29/h6-13,20-21H,14-19H2,1-5H3. The zero-order valence-corrected chi connectivity index (χ0v) is 19.4. The van der Waals surface area contributed by atoms with Gasteiger partial charge in [-0.3, -0.25) is 4.90 Å². The van der Waals surface area contributed by atoms with Crippen molar-refractivity contribution < 1.29 is 0 Å². The zero-order chi connectivity index (χ0) is 21.3. The maximum Gasteiger partial charge on any atom is 0.0483 e. The number of hydrogen-bond donors (Lipinski definition) is 0. The van der Waals surface area contributed by atoms with Crippen molar-refractivity contribution in [2.45, 2.75) is 39.7 Å². The summed E-state index contributed by atoms with van der Waals surface area (Å²) in [5.74, 6) is 0.497. The molecule has 3 nitrogen and oxygen atoms in total. The summed E-state index contributed by atoms with van der Waals surface area (Å²) in [7, 11) is 2.22. The molecule has 1 fully saturated rings. The van der Waals surface area contributed by atoms with Crippen LogP contribution in [0.25, 0.3) is 10.9 Å². The highest BCUT2D eigenvalue weighted by molar-refractivity contribution is 5.85. The minimum atomic E-state index is -0.0214. The van der Waals surface area contributed by atoms with Gasteiger partial charge in [-0.1, -0.05) is 68.8 Å². The SMILES string of the molecule is Cc1ccc(C(C)(c2cn(CCN3CCN(C)CC3)c3ccccc23)C(C)C)cc1. The Kier molecular flexibility index (Phi) is 6.04. The summed E-state index contributed by atoms with van der Waals surface area (Å²) in [6.07, 6.45) is 2.45. The van der Waals surface area contributed by atoms with Crippen molar-refractivity contribution in [3.8, 4) is 0 Å². The first-order valence-electron chi connectivity index (χ1n) is 11.5. The van der Waals surface area contributed by atoms with Crippen LogP contribution < -0.4 is 0 Å². The number of hydrogen-bond acceptors (Lipinski definition) is 2. The number of rotatable bonds is 6. The van der Waals surface area contributed by atoms with Crippen LogP contribution >= 0.6 is 0 Å². The molecule has 0 bridgehead atoms. The Morgan fingerprint density at radius 2 is 1.57 bits per heavy atom. The van der Waals surface area contributed by atoms with Gasteiger partial charge in [-0.25, -0.2) is 0 Å². The summed E-state index contributed by atoms with van der Waals surface area (Å²) < 4.78 is 2.50. The third kappa shape index (κ3) is 3.93. The quantitative estimate of drug-likeness (QED) is 0.563. The van der Waals surface area contributed by atoms with Crippen LogP contribution in [0.3, 0.4) is 0 Å². The molecule has 0 aliphatic carbocycles. The minimum absolute atomic E-state index is 0.0214. The molecule has 3 heteroatoms. The molecule has 4 rings (SSSR count). The van der Waals surface area contributed by atoms with Gasteiger partial charge < -0.3 is 9.47 Å². The lowest BCUT2D eigenvalue weighted by molar-refractivity contribution is 0.150. The van der Waals surface area contributed by atoms with Gasteiger partial charge in [-0.2, -0.15) is 0 Å². The van der Waals surface area contributed by atoms with E-state index in [1.165, 1.54) is 53.8 Å². The molecule has 1 aliphatic rings. The van der Waals surface area contributed by atoms with Crippen LogP contribution in [0, 0.1) is 12.8 Å². The summed E-state index contributed by atoms with van der Waals surface area (Å²) in [5.41, 5.74) is 5.52. The zero-order valence-electron chi connectivity index (χ0n) is 19.4. The number of piperazine rings is 1. The van der Waals surface area contributed by atoms with Crippen molar-refractivity contribution in [3.05, 3.63) is 71.4 Å². The van der Waals surface area contributed by atoms with E-state index in [9.17, 15) is 0 Å². The van der Waals surface area contributed by atoms with E-state index in [1.807, 2.05) is 0 Å². The van der Waals surface area contributed by atoms with Crippen LogP contribution in [-0.4, -0.2) is 54.1 Å². The maximum atomic E-state index is 2.61. The van der Waals surface area contributed by atoms with E-state index < -0.39 is 0 Å². The predicted octanol–water partition coefficient (Wildman–Crippen LogP) is 5.16. The van der Waals surface area contributed by atoms with Gasteiger partial charge in [0.15, 0.2) is 0 Å². The Hall–Kier alpha value is -2.10. The average Bonchev–Trinajstić information content (AvgIpc) is 3.12. The molecule has 0 radical (unpaired) electrons. The number of nitrogens with zero attached hydrogens (tertiary/aromatic N) is 3. The molecular weight excluding hydrogens is 366 g/mol. The van der Waals surface area contributed by atoms with Crippen LogP contribution in [0.2, 0.25) is 0 Å². The number of para-hydroxylation sites is 1. The number of aromatic nitrogens is 1. The highest BCUT2D eigenvalue weighted by Gasteiger charge is 2.35. The summed E-state index contributed by atoms with van der Waals surface area (Å²) in [6.45, 7) is 16.2. The number of benzene rings is 2. The molecule has 3 aromatic rings. The lowest BCUT2D eigenvalue weighted by Crippen LogP contribution is -2.45. The van der Waals surface area contributed by atoms with Gasteiger partial charge in [0, 0.05) is 61.8 Å². The summed E-state index contributed by atoms with van der Waals surface area (Å²) in [5, 5.41) is 1.40. The Morgan fingerprint density at radius 3 is 2.23 bits per heavy atom. The molecular formula is C27H37N3. The smallest absolute Gasteiger partial charge is 0.0483 e. The first-order valence-corrected chi connectivity index (χ1v) is 11.5. The van der Waals surface area contributed by atoms with Crippen molar-refractivity contribution in [2.75, 3.05) is 39.8 Å². The predicted molar refractivity (Wildman–Crippen MR) is 128 cm³/mol. The number of aryl methyl sites for hydroxylation is 1. The molecule has 0 saturated carbocycles. The van der Waals surface area contributed by atoms with Crippen molar-refractivity contribution >= 4 is 10.9 Å².